The summed E-state index contributed by atoms with van der Waals surface area (Å²) < 4.78 is 36.2. The average Bonchev–Trinajstić information content (AvgIpc) is 2.67. The molecule has 0 aliphatic carbocycles. The molecule has 0 aliphatic rings. The number of amides is 1. The van der Waals surface area contributed by atoms with Crippen LogP contribution < -0.4 is 14.8 Å². The van der Waals surface area contributed by atoms with Crippen molar-refractivity contribution in [2.45, 2.75) is 18.7 Å². The number of nitrogens with zero attached hydrogens (tertiary/aromatic N) is 1. The van der Waals surface area contributed by atoms with E-state index in [1.54, 1.807) is 30.3 Å². The fraction of sp³-hybridized carbons (Fsp3) is 0.350. The van der Waals surface area contributed by atoms with Crippen molar-refractivity contribution in [2.24, 2.45) is 0 Å². The van der Waals surface area contributed by atoms with Crippen molar-refractivity contribution in [1.82, 2.24) is 9.62 Å². The third-order valence-corrected chi connectivity index (χ3v) is 5.82. The zero-order chi connectivity index (χ0) is 20.7. The molecule has 0 atom stereocenters. The van der Waals surface area contributed by atoms with E-state index in [1.807, 2.05) is 13.8 Å². The summed E-state index contributed by atoms with van der Waals surface area (Å²) >= 11 is 0. The fourth-order valence-corrected chi connectivity index (χ4v) is 3.36. The Balaban J connectivity index is 1.84. The molecule has 152 valence electrons. The monoisotopic (exact) mass is 406 g/mol. The first-order chi connectivity index (χ1) is 13.3. The number of benzene rings is 2. The Morgan fingerprint density at radius 3 is 2.32 bits per heavy atom. The maximum Gasteiger partial charge on any atom is 0.251 e. The molecule has 2 aromatic carbocycles. The standard InChI is InChI=1S/C20H26N2O5S/c1-5-26-19-11-6-16(14-15(19)2)20(23)21-12-13-27-17-7-9-18(10-8-17)28(24,25)22(3)4/h6-11,14H,5,12-13H2,1-4H3,(H,21,23). The first kappa shape index (κ1) is 21.7. The number of carbonyl (C=O) groups excluding carboxylic acids is 1. The molecule has 0 radical (unpaired) electrons. The van der Waals surface area contributed by atoms with Crippen molar-refractivity contribution in [3.05, 3.63) is 53.6 Å². The van der Waals surface area contributed by atoms with E-state index in [2.05, 4.69) is 5.32 Å². The molecule has 0 unspecified atom stereocenters. The van der Waals surface area contributed by atoms with Crippen molar-refractivity contribution < 1.29 is 22.7 Å². The van der Waals surface area contributed by atoms with Gasteiger partial charge < -0.3 is 14.8 Å². The normalized spacial score (nSPS) is 11.3. The molecule has 1 N–H and O–H groups in total. The SMILES string of the molecule is CCOc1ccc(C(=O)NCCOc2ccc(S(=O)(=O)N(C)C)cc2)cc1C. The predicted molar refractivity (Wildman–Crippen MR) is 107 cm³/mol. The van der Waals surface area contributed by atoms with Crippen LogP contribution in [0.5, 0.6) is 11.5 Å². The number of ether oxygens (including phenoxy) is 2. The van der Waals surface area contributed by atoms with Crippen molar-refractivity contribution >= 4 is 15.9 Å². The molecule has 2 rings (SSSR count). The largest absolute Gasteiger partial charge is 0.494 e. The molecule has 0 aromatic heterocycles. The summed E-state index contributed by atoms with van der Waals surface area (Å²) in [7, 11) is -0.498. The van der Waals surface area contributed by atoms with Gasteiger partial charge in [-0.05, 0) is 61.9 Å². The second-order valence-corrected chi connectivity index (χ2v) is 8.43. The summed E-state index contributed by atoms with van der Waals surface area (Å²) in [6.07, 6.45) is 0. The van der Waals surface area contributed by atoms with E-state index in [0.717, 1.165) is 15.6 Å². The summed E-state index contributed by atoms with van der Waals surface area (Å²) in [5, 5.41) is 2.79. The third-order valence-electron chi connectivity index (χ3n) is 4.00. The van der Waals surface area contributed by atoms with Gasteiger partial charge in [-0.25, -0.2) is 12.7 Å². The lowest BCUT2D eigenvalue weighted by Gasteiger charge is -2.12. The van der Waals surface area contributed by atoms with Crippen LogP contribution in [0.1, 0.15) is 22.8 Å². The van der Waals surface area contributed by atoms with Gasteiger partial charge in [-0.3, -0.25) is 4.79 Å². The highest BCUT2D eigenvalue weighted by atomic mass is 32.2. The van der Waals surface area contributed by atoms with Gasteiger partial charge in [0.2, 0.25) is 10.0 Å². The van der Waals surface area contributed by atoms with Crippen molar-refractivity contribution in [1.29, 1.82) is 0 Å². The summed E-state index contributed by atoms with van der Waals surface area (Å²) in [6.45, 7) is 4.97. The minimum absolute atomic E-state index is 0.192. The predicted octanol–water partition coefficient (Wildman–Crippen LogP) is 2.45. The van der Waals surface area contributed by atoms with Gasteiger partial charge in [0.05, 0.1) is 18.0 Å². The summed E-state index contributed by atoms with van der Waals surface area (Å²) in [5.74, 6) is 1.10. The maximum atomic E-state index is 12.2. The number of nitrogens with one attached hydrogen (secondary N) is 1. The molecular weight excluding hydrogens is 380 g/mol. The number of aryl methyl sites for hydroxylation is 1. The minimum Gasteiger partial charge on any atom is -0.494 e. The van der Waals surface area contributed by atoms with Gasteiger partial charge in [-0.1, -0.05) is 0 Å². The van der Waals surface area contributed by atoms with Gasteiger partial charge in [0, 0.05) is 19.7 Å². The van der Waals surface area contributed by atoms with Crippen LogP contribution in [0.15, 0.2) is 47.4 Å². The fourth-order valence-electron chi connectivity index (χ4n) is 2.46. The van der Waals surface area contributed by atoms with Crippen molar-refractivity contribution in [3.63, 3.8) is 0 Å². The van der Waals surface area contributed by atoms with E-state index in [0.29, 0.717) is 24.5 Å². The minimum atomic E-state index is -3.46. The van der Waals surface area contributed by atoms with E-state index in [-0.39, 0.29) is 17.4 Å². The van der Waals surface area contributed by atoms with Crippen LogP contribution in [0, 0.1) is 6.92 Å². The molecule has 0 saturated heterocycles. The quantitative estimate of drug-likeness (QED) is 0.647. The van der Waals surface area contributed by atoms with E-state index >= 15 is 0 Å². The smallest absolute Gasteiger partial charge is 0.251 e. The average molecular weight is 407 g/mol. The number of hydrogen-bond donors (Lipinski definition) is 1. The summed E-state index contributed by atoms with van der Waals surface area (Å²) in [6, 6.07) is 11.5. The molecule has 7 nitrogen and oxygen atoms in total. The lowest BCUT2D eigenvalue weighted by molar-refractivity contribution is 0.0947. The van der Waals surface area contributed by atoms with E-state index in [9.17, 15) is 13.2 Å². The Bertz CT molecular complexity index is 909. The van der Waals surface area contributed by atoms with Crippen LogP contribution >= 0.6 is 0 Å². The molecular formula is C20H26N2O5S. The molecule has 0 saturated carbocycles. The highest BCUT2D eigenvalue weighted by molar-refractivity contribution is 7.89. The van der Waals surface area contributed by atoms with Gasteiger partial charge in [-0.15, -0.1) is 0 Å². The van der Waals surface area contributed by atoms with Gasteiger partial charge in [0.15, 0.2) is 0 Å². The molecule has 1 amide bonds. The molecule has 0 aliphatic heterocycles. The molecule has 0 fully saturated rings. The van der Waals surface area contributed by atoms with Crippen LogP contribution in [0.3, 0.4) is 0 Å². The first-order valence-corrected chi connectivity index (χ1v) is 10.4. The van der Waals surface area contributed by atoms with Crippen molar-refractivity contribution in [3.8, 4) is 11.5 Å². The van der Waals surface area contributed by atoms with Crippen LogP contribution in [0.4, 0.5) is 0 Å². The number of rotatable bonds is 9. The van der Waals surface area contributed by atoms with Crippen LogP contribution in [0.2, 0.25) is 0 Å². The van der Waals surface area contributed by atoms with Gasteiger partial charge in [-0.2, -0.15) is 0 Å². The van der Waals surface area contributed by atoms with Gasteiger partial charge >= 0.3 is 0 Å². The van der Waals surface area contributed by atoms with E-state index in [4.69, 9.17) is 9.47 Å². The second kappa shape index (κ2) is 9.57. The zero-order valence-electron chi connectivity index (χ0n) is 16.6. The van der Waals surface area contributed by atoms with E-state index in [1.165, 1.54) is 26.2 Å². The summed E-state index contributed by atoms with van der Waals surface area (Å²) in [4.78, 5) is 12.4. The Morgan fingerprint density at radius 2 is 1.75 bits per heavy atom. The Labute approximate surface area is 166 Å². The van der Waals surface area contributed by atoms with Crippen LogP contribution in [-0.4, -0.2) is 52.5 Å². The highest BCUT2D eigenvalue weighted by Crippen LogP contribution is 2.19. The molecule has 2 aromatic rings. The maximum absolute atomic E-state index is 12.2. The number of sulfonamides is 1. The highest BCUT2D eigenvalue weighted by Gasteiger charge is 2.16. The Morgan fingerprint density at radius 1 is 1.07 bits per heavy atom. The molecule has 8 heteroatoms. The zero-order valence-corrected chi connectivity index (χ0v) is 17.4. The van der Waals surface area contributed by atoms with Gasteiger partial charge in [0.25, 0.3) is 5.91 Å². The van der Waals surface area contributed by atoms with Crippen molar-refractivity contribution in [2.75, 3.05) is 33.9 Å². The third kappa shape index (κ3) is 5.46. The topological polar surface area (TPSA) is 84.9 Å². The lowest BCUT2D eigenvalue weighted by atomic mass is 10.1. The number of hydrogen-bond acceptors (Lipinski definition) is 5. The molecule has 0 heterocycles. The Kier molecular flexibility index (Phi) is 7.42. The molecule has 0 bridgehead atoms. The van der Waals surface area contributed by atoms with Crippen LogP contribution in [0.25, 0.3) is 0 Å². The molecule has 0 spiro atoms. The summed E-state index contributed by atoms with van der Waals surface area (Å²) in [5.41, 5.74) is 1.46. The lowest BCUT2D eigenvalue weighted by Crippen LogP contribution is -2.28. The first-order valence-electron chi connectivity index (χ1n) is 8.92. The number of carbonyl (C=O) groups is 1. The van der Waals surface area contributed by atoms with Gasteiger partial charge in [0.1, 0.15) is 18.1 Å². The van der Waals surface area contributed by atoms with E-state index < -0.39 is 10.0 Å². The second-order valence-electron chi connectivity index (χ2n) is 6.28. The Hall–Kier alpha value is -2.58. The molecule has 28 heavy (non-hydrogen) atoms. The van der Waals surface area contributed by atoms with Crippen LogP contribution in [-0.2, 0) is 10.0 Å².